The van der Waals surface area contributed by atoms with E-state index in [-0.39, 0.29) is 17.8 Å². The van der Waals surface area contributed by atoms with Crippen molar-refractivity contribution < 1.29 is 14.3 Å². The highest BCUT2D eigenvalue weighted by Crippen LogP contribution is 2.44. The molecule has 2 bridgehead atoms. The SMILES string of the molecule is COC(=O)C12CC(C1)C(=O)N2. The normalized spacial score (nSPS) is 39.4. The molecule has 4 nitrogen and oxygen atoms in total. The van der Waals surface area contributed by atoms with Crippen LogP contribution in [0, 0.1) is 5.92 Å². The zero-order valence-electron chi connectivity index (χ0n) is 6.22. The lowest BCUT2D eigenvalue weighted by Crippen LogP contribution is -2.51. The van der Waals surface area contributed by atoms with Crippen LogP contribution in [0.15, 0.2) is 0 Å². The van der Waals surface area contributed by atoms with Gasteiger partial charge >= 0.3 is 5.97 Å². The first-order chi connectivity index (χ1) is 5.18. The van der Waals surface area contributed by atoms with E-state index in [2.05, 4.69) is 10.1 Å². The largest absolute Gasteiger partial charge is 0.467 e. The predicted octanol–water partition coefficient (Wildman–Crippen LogP) is -0.562. The van der Waals surface area contributed by atoms with Crippen LogP contribution in [0.1, 0.15) is 12.8 Å². The maximum Gasteiger partial charge on any atom is 0.331 e. The molecule has 3 fully saturated rings. The standard InChI is InChI=1S/C7H9NO3/c1-11-6(10)7-2-4(3-7)5(9)8-7/h4H,2-3H2,1H3,(H,8,9). The number of amides is 1. The second kappa shape index (κ2) is 1.75. The van der Waals surface area contributed by atoms with Crippen LogP contribution in [-0.4, -0.2) is 24.5 Å². The summed E-state index contributed by atoms with van der Waals surface area (Å²) in [5, 5.41) is 2.64. The predicted molar refractivity (Wildman–Crippen MR) is 35.6 cm³/mol. The molecule has 11 heavy (non-hydrogen) atoms. The molecule has 3 aliphatic rings. The Bertz CT molecular complexity index is 230. The topological polar surface area (TPSA) is 55.4 Å². The molecule has 0 spiro atoms. The minimum atomic E-state index is -0.642. The number of hydrogen-bond acceptors (Lipinski definition) is 3. The smallest absolute Gasteiger partial charge is 0.331 e. The monoisotopic (exact) mass is 155 g/mol. The number of esters is 1. The molecule has 1 saturated carbocycles. The Labute approximate surface area is 63.9 Å². The Hall–Kier alpha value is -1.06. The molecule has 3 rings (SSSR count). The molecular formula is C7H9NO3. The zero-order valence-corrected chi connectivity index (χ0v) is 6.22. The highest BCUT2D eigenvalue weighted by atomic mass is 16.5. The maximum atomic E-state index is 11.1. The van der Waals surface area contributed by atoms with Gasteiger partial charge in [-0.2, -0.15) is 0 Å². The number of ether oxygens (including phenoxy) is 1. The Morgan fingerprint density at radius 2 is 2.36 bits per heavy atom. The quantitative estimate of drug-likeness (QED) is 0.516. The number of rotatable bonds is 1. The van der Waals surface area contributed by atoms with E-state index < -0.39 is 5.54 Å². The van der Waals surface area contributed by atoms with Crippen molar-refractivity contribution in [3.63, 3.8) is 0 Å². The number of carbonyl (C=O) groups is 2. The number of methoxy groups -OCH3 is 1. The fourth-order valence-electron chi connectivity index (χ4n) is 1.82. The first kappa shape index (κ1) is 6.64. The molecule has 1 aliphatic carbocycles. The first-order valence-corrected chi connectivity index (χ1v) is 3.58. The Balaban J connectivity index is 2.17. The number of hydrogen-bond donors (Lipinski definition) is 1. The van der Waals surface area contributed by atoms with Crippen LogP contribution in [0.3, 0.4) is 0 Å². The van der Waals surface area contributed by atoms with Gasteiger partial charge in [0.05, 0.1) is 7.11 Å². The average molecular weight is 155 g/mol. The minimum Gasteiger partial charge on any atom is -0.467 e. The Kier molecular flexibility index (Phi) is 1.06. The van der Waals surface area contributed by atoms with Crippen LogP contribution >= 0.6 is 0 Å². The van der Waals surface area contributed by atoms with Crippen LogP contribution in [0.5, 0.6) is 0 Å². The lowest BCUT2D eigenvalue weighted by Gasteiger charge is -2.32. The van der Waals surface area contributed by atoms with Crippen LogP contribution in [0.2, 0.25) is 0 Å². The molecule has 2 aliphatic heterocycles. The molecule has 0 aromatic heterocycles. The zero-order chi connectivity index (χ0) is 8.06. The van der Waals surface area contributed by atoms with E-state index in [0.29, 0.717) is 12.8 Å². The highest BCUT2D eigenvalue weighted by molar-refractivity contribution is 5.97. The fourth-order valence-corrected chi connectivity index (χ4v) is 1.82. The molecular weight excluding hydrogens is 146 g/mol. The molecule has 0 atom stereocenters. The number of fused-ring (bicyclic) bond motifs is 1. The van der Waals surface area contributed by atoms with E-state index in [0.717, 1.165) is 0 Å². The van der Waals surface area contributed by atoms with Crippen molar-refractivity contribution in [3.05, 3.63) is 0 Å². The third-order valence-corrected chi connectivity index (χ3v) is 2.50. The average Bonchev–Trinajstić information content (AvgIpc) is 2.38. The van der Waals surface area contributed by atoms with E-state index in [4.69, 9.17) is 0 Å². The van der Waals surface area contributed by atoms with Gasteiger partial charge in [-0.3, -0.25) is 4.79 Å². The maximum absolute atomic E-state index is 11.1. The molecule has 4 heteroatoms. The van der Waals surface area contributed by atoms with Gasteiger partial charge in [-0.1, -0.05) is 0 Å². The summed E-state index contributed by atoms with van der Waals surface area (Å²) in [5.74, 6) is -0.246. The Morgan fingerprint density at radius 1 is 1.73 bits per heavy atom. The second-order valence-electron chi connectivity index (χ2n) is 3.17. The third kappa shape index (κ3) is 0.640. The van der Waals surface area contributed by atoms with Crippen molar-refractivity contribution in [2.24, 2.45) is 5.92 Å². The van der Waals surface area contributed by atoms with Gasteiger partial charge in [0.1, 0.15) is 5.54 Å². The summed E-state index contributed by atoms with van der Waals surface area (Å²) in [7, 11) is 1.34. The summed E-state index contributed by atoms with van der Waals surface area (Å²) in [6.07, 6.45) is 1.25. The summed E-state index contributed by atoms with van der Waals surface area (Å²) < 4.78 is 4.57. The summed E-state index contributed by atoms with van der Waals surface area (Å²) >= 11 is 0. The van der Waals surface area contributed by atoms with Crippen LogP contribution in [-0.2, 0) is 14.3 Å². The third-order valence-electron chi connectivity index (χ3n) is 2.50. The molecule has 0 aromatic rings. The van der Waals surface area contributed by atoms with Crippen LogP contribution in [0.4, 0.5) is 0 Å². The van der Waals surface area contributed by atoms with Crippen molar-refractivity contribution in [3.8, 4) is 0 Å². The number of nitrogens with one attached hydrogen (secondary N) is 1. The minimum absolute atomic E-state index is 0.00426. The van der Waals surface area contributed by atoms with Gasteiger partial charge in [-0.25, -0.2) is 4.79 Å². The van der Waals surface area contributed by atoms with Crippen molar-refractivity contribution in [1.82, 2.24) is 5.32 Å². The van der Waals surface area contributed by atoms with Crippen molar-refractivity contribution in [1.29, 1.82) is 0 Å². The van der Waals surface area contributed by atoms with Gasteiger partial charge in [-0.15, -0.1) is 0 Å². The molecule has 0 aromatic carbocycles. The summed E-state index contributed by atoms with van der Waals surface area (Å²) in [6.45, 7) is 0. The molecule has 0 radical (unpaired) electrons. The van der Waals surface area contributed by atoms with Gasteiger partial charge < -0.3 is 10.1 Å². The van der Waals surface area contributed by atoms with Gasteiger partial charge in [0, 0.05) is 5.92 Å². The van der Waals surface area contributed by atoms with Gasteiger partial charge in [0.15, 0.2) is 0 Å². The van der Waals surface area contributed by atoms with Gasteiger partial charge in [-0.05, 0) is 12.8 Å². The lowest BCUT2D eigenvalue weighted by molar-refractivity contribution is -0.150. The summed E-state index contributed by atoms with van der Waals surface area (Å²) in [5.41, 5.74) is -0.642. The van der Waals surface area contributed by atoms with E-state index in [1.807, 2.05) is 0 Å². The number of carbonyl (C=O) groups excluding carboxylic acids is 2. The van der Waals surface area contributed by atoms with Crippen molar-refractivity contribution >= 4 is 11.9 Å². The van der Waals surface area contributed by atoms with E-state index >= 15 is 0 Å². The molecule has 0 unspecified atom stereocenters. The van der Waals surface area contributed by atoms with E-state index in [1.165, 1.54) is 7.11 Å². The van der Waals surface area contributed by atoms with Crippen molar-refractivity contribution in [2.75, 3.05) is 7.11 Å². The van der Waals surface area contributed by atoms with Crippen molar-refractivity contribution in [2.45, 2.75) is 18.4 Å². The molecule has 60 valence electrons. The van der Waals surface area contributed by atoms with Crippen LogP contribution in [0.25, 0.3) is 0 Å². The summed E-state index contributed by atoms with van der Waals surface area (Å²) in [4.78, 5) is 22.0. The highest BCUT2D eigenvalue weighted by Gasteiger charge is 2.61. The second-order valence-corrected chi connectivity index (χ2v) is 3.17. The van der Waals surface area contributed by atoms with E-state index in [1.54, 1.807) is 0 Å². The van der Waals surface area contributed by atoms with Crippen LogP contribution < -0.4 is 5.32 Å². The molecule has 1 N–H and O–H groups in total. The Morgan fingerprint density at radius 3 is 2.73 bits per heavy atom. The molecule has 2 heterocycles. The fraction of sp³-hybridized carbons (Fsp3) is 0.714. The first-order valence-electron chi connectivity index (χ1n) is 3.58. The van der Waals surface area contributed by atoms with Gasteiger partial charge in [0.2, 0.25) is 5.91 Å². The van der Waals surface area contributed by atoms with Gasteiger partial charge in [0.25, 0.3) is 0 Å². The summed E-state index contributed by atoms with van der Waals surface area (Å²) in [6, 6.07) is 0. The molecule has 2 saturated heterocycles. The van der Waals surface area contributed by atoms with E-state index in [9.17, 15) is 9.59 Å². The molecule has 1 amide bonds. The lowest BCUT2D eigenvalue weighted by atomic mass is 9.73.